The molecular weight excluding hydrogens is 366 g/mol. The highest BCUT2D eigenvalue weighted by atomic mass is 16.5. The predicted molar refractivity (Wildman–Crippen MR) is 114 cm³/mol. The van der Waals surface area contributed by atoms with E-state index in [2.05, 4.69) is 26.1 Å². The Kier molecular flexibility index (Phi) is 7.00. The summed E-state index contributed by atoms with van der Waals surface area (Å²) < 4.78 is 5.36. The summed E-state index contributed by atoms with van der Waals surface area (Å²) in [5, 5.41) is 3.32. The molecule has 0 unspecified atom stereocenters. The Morgan fingerprint density at radius 1 is 1.21 bits per heavy atom. The topological polar surface area (TPSA) is 60.9 Å². The lowest BCUT2D eigenvalue weighted by Crippen LogP contribution is -2.55. The molecule has 0 radical (unpaired) electrons. The highest BCUT2D eigenvalue weighted by Crippen LogP contribution is 2.25. The minimum Gasteiger partial charge on any atom is -0.380 e. The van der Waals surface area contributed by atoms with Gasteiger partial charge in [0.15, 0.2) is 0 Å². The normalized spacial score (nSPS) is 20.9. The number of carbonyl (C=O) groups is 1. The Morgan fingerprint density at radius 3 is 2.76 bits per heavy atom. The molecule has 1 saturated heterocycles. The second-order valence-corrected chi connectivity index (χ2v) is 8.39. The summed E-state index contributed by atoms with van der Waals surface area (Å²) in [6.45, 7) is 10.3. The smallest absolute Gasteiger partial charge is 0.236 e. The van der Waals surface area contributed by atoms with E-state index in [1.54, 1.807) is 0 Å². The minimum atomic E-state index is 0.281. The Morgan fingerprint density at radius 2 is 2.03 bits per heavy atom. The predicted octanol–water partition coefficient (Wildman–Crippen LogP) is 1.58. The molecule has 29 heavy (non-hydrogen) atoms. The van der Waals surface area contributed by atoms with Crippen LogP contribution in [0.3, 0.4) is 0 Å². The molecule has 0 aromatic carbocycles. The molecule has 7 heteroatoms. The fourth-order valence-electron chi connectivity index (χ4n) is 4.48. The van der Waals surface area contributed by atoms with Crippen LogP contribution < -0.4 is 5.32 Å². The number of piperazine rings is 1. The summed E-state index contributed by atoms with van der Waals surface area (Å²) in [6, 6.07) is 4.98. The van der Waals surface area contributed by atoms with Crippen molar-refractivity contribution in [1.29, 1.82) is 0 Å². The summed E-state index contributed by atoms with van der Waals surface area (Å²) in [4.78, 5) is 24.5. The quantitative estimate of drug-likeness (QED) is 0.668. The Hall–Kier alpha value is -1.70. The summed E-state index contributed by atoms with van der Waals surface area (Å²) in [5.74, 6) is 1.20. The number of nitrogens with zero attached hydrogens (tertiary/aromatic N) is 4. The van der Waals surface area contributed by atoms with E-state index in [9.17, 15) is 4.79 Å². The van der Waals surface area contributed by atoms with Gasteiger partial charge in [-0.05, 0) is 31.4 Å². The minimum absolute atomic E-state index is 0.281. The molecule has 1 amide bonds. The van der Waals surface area contributed by atoms with Gasteiger partial charge in [0.05, 0.1) is 13.2 Å². The number of pyridine rings is 1. The number of anilines is 1. The van der Waals surface area contributed by atoms with Crippen LogP contribution in [-0.4, -0.2) is 90.7 Å². The first-order chi connectivity index (χ1) is 14.2. The lowest BCUT2D eigenvalue weighted by Gasteiger charge is -2.43. The van der Waals surface area contributed by atoms with Gasteiger partial charge < -0.3 is 15.0 Å². The van der Waals surface area contributed by atoms with E-state index in [-0.39, 0.29) is 5.91 Å². The van der Waals surface area contributed by atoms with E-state index in [0.29, 0.717) is 13.2 Å². The molecule has 0 spiro atoms. The van der Waals surface area contributed by atoms with Gasteiger partial charge in [-0.1, -0.05) is 12.5 Å². The molecule has 1 aromatic heterocycles. The number of rotatable bonds is 8. The van der Waals surface area contributed by atoms with Crippen molar-refractivity contribution in [3.63, 3.8) is 0 Å². The van der Waals surface area contributed by atoms with Crippen LogP contribution in [0.4, 0.5) is 5.82 Å². The van der Waals surface area contributed by atoms with Crippen LogP contribution in [0.15, 0.2) is 12.1 Å². The first-order valence-corrected chi connectivity index (χ1v) is 11.3. The number of aromatic nitrogens is 1. The van der Waals surface area contributed by atoms with E-state index in [1.807, 2.05) is 13.0 Å². The lowest BCUT2D eigenvalue weighted by molar-refractivity contribution is -0.135. The van der Waals surface area contributed by atoms with Gasteiger partial charge in [0, 0.05) is 70.6 Å². The highest BCUT2D eigenvalue weighted by molar-refractivity contribution is 5.78. The van der Waals surface area contributed by atoms with Crippen LogP contribution in [0.2, 0.25) is 0 Å². The van der Waals surface area contributed by atoms with Crippen molar-refractivity contribution >= 4 is 11.7 Å². The number of fused-ring (bicyclic) bond motifs is 1. The zero-order valence-electron chi connectivity index (χ0n) is 17.7. The van der Waals surface area contributed by atoms with Gasteiger partial charge in [0.25, 0.3) is 0 Å². The standard InChI is InChI=1S/C22H35N5O2/c1-2-29-15-9-23-21-7-6-18-16-25(10-8-20(18)24-21)17-22(28)27-13-11-26(12-14-27)19-4-3-5-19/h6-7,19H,2-5,8-17H2,1H3,(H,23,24). The van der Waals surface area contributed by atoms with Gasteiger partial charge in [-0.3, -0.25) is 14.6 Å². The van der Waals surface area contributed by atoms with E-state index in [4.69, 9.17) is 9.72 Å². The third kappa shape index (κ3) is 5.27. The third-order valence-electron chi connectivity index (χ3n) is 6.50. The number of hydrogen-bond acceptors (Lipinski definition) is 6. The van der Waals surface area contributed by atoms with Crippen LogP contribution in [0.1, 0.15) is 37.4 Å². The van der Waals surface area contributed by atoms with Crippen LogP contribution in [0.5, 0.6) is 0 Å². The molecular formula is C22H35N5O2. The zero-order valence-corrected chi connectivity index (χ0v) is 17.7. The fourth-order valence-corrected chi connectivity index (χ4v) is 4.48. The second-order valence-electron chi connectivity index (χ2n) is 8.39. The van der Waals surface area contributed by atoms with Gasteiger partial charge in [0.2, 0.25) is 5.91 Å². The first kappa shape index (κ1) is 20.6. The van der Waals surface area contributed by atoms with Gasteiger partial charge in [-0.25, -0.2) is 4.98 Å². The van der Waals surface area contributed by atoms with E-state index in [0.717, 1.165) is 76.4 Å². The lowest BCUT2D eigenvalue weighted by atomic mass is 9.91. The van der Waals surface area contributed by atoms with Crippen molar-refractivity contribution in [2.75, 3.05) is 64.3 Å². The largest absolute Gasteiger partial charge is 0.380 e. The molecule has 2 aliphatic heterocycles. The second kappa shape index (κ2) is 9.87. The van der Waals surface area contributed by atoms with Gasteiger partial charge in [-0.2, -0.15) is 0 Å². The average Bonchev–Trinajstić information content (AvgIpc) is 2.70. The zero-order chi connectivity index (χ0) is 20.1. The summed E-state index contributed by atoms with van der Waals surface area (Å²) in [5.41, 5.74) is 2.40. The van der Waals surface area contributed by atoms with E-state index >= 15 is 0 Å². The molecule has 1 N–H and O–H groups in total. The number of carbonyl (C=O) groups excluding carboxylic acids is 1. The number of amides is 1. The molecule has 1 aromatic rings. The summed E-state index contributed by atoms with van der Waals surface area (Å²) in [6.07, 6.45) is 4.97. The van der Waals surface area contributed by atoms with Crippen molar-refractivity contribution in [3.8, 4) is 0 Å². The molecule has 1 aliphatic carbocycles. The molecule has 2 fully saturated rings. The van der Waals surface area contributed by atoms with Crippen molar-refractivity contribution in [3.05, 3.63) is 23.4 Å². The third-order valence-corrected chi connectivity index (χ3v) is 6.50. The van der Waals surface area contributed by atoms with Crippen molar-refractivity contribution < 1.29 is 9.53 Å². The Balaban J connectivity index is 1.23. The van der Waals surface area contributed by atoms with Crippen LogP contribution >= 0.6 is 0 Å². The molecule has 3 aliphatic rings. The molecule has 0 atom stereocenters. The van der Waals surface area contributed by atoms with E-state index in [1.165, 1.54) is 24.8 Å². The number of hydrogen-bond donors (Lipinski definition) is 1. The molecule has 160 valence electrons. The maximum absolute atomic E-state index is 12.8. The van der Waals surface area contributed by atoms with Crippen LogP contribution in [-0.2, 0) is 22.5 Å². The first-order valence-electron chi connectivity index (χ1n) is 11.3. The van der Waals surface area contributed by atoms with Crippen LogP contribution in [0.25, 0.3) is 0 Å². The Bertz CT molecular complexity index is 686. The highest BCUT2D eigenvalue weighted by Gasteiger charge is 2.30. The molecule has 4 rings (SSSR count). The molecule has 0 bridgehead atoms. The summed E-state index contributed by atoms with van der Waals surface area (Å²) >= 11 is 0. The summed E-state index contributed by atoms with van der Waals surface area (Å²) in [7, 11) is 0. The van der Waals surface area contributed by atoms with Gasteiger partial charge in [-0.15, -0.1) is 0 Å². The SMILES string of the molecule is CCOCCNc1ccc2c(n1)CCN(CC(=O)N1CCN(C3CCC3)CC1)C2. The van der Waals surface area contributed by atoms with Crippen molar-refractivity contribution in [1.82, 2.24) is 19.7 Å². The van der Waals surface area contributed by atoms with E-state index < -0.39 is 0 Å². The average molecular weight is 402 g/mol. The number of nitrogens with one attached hydrogen (secondary N) is 1. The maximum atomic E-state index is 12.8. The Labute approximate surface area is 174 Å². The number of ether oxygens (including phenoxy) is 1. The van der Waals surface area contributed by atoms with Gasteiger partial charge >= 0.3 is 0 Å². The monoisotopic (exact) mass is 401 g/mol. The molecule has 3 heterocycles. The maximum Gasteiger partial charge on any atom is 0.236 e. The van der Waals surface area contributed by atoms with Gasteiger partial charge in [0.1, 0.15) is 5.82 Å². The van der Waals surface area contributed by atoms with Crippen molar-refractivity contribution in [2.45, 2.75) is 45.2 Å². The van der Waals surface area contributed by atoms with Crippen LogP contribution in [0, 0.1) is 0 Å². The molecule has 1 saturated carbocycles. The van der Waals surface area contributed by atoms with Crippen molar-refractivity contribution in [2.24, 2.45) is 0 Å². The fraction of sp³-hybridized carbons (Fsp3) is 0.727. The molecule has 7 nitrogen and oxygen atoms in total.